The molecule has 3 aromatic carbocycles. The largest absolute Gasteiger partial charge is 0.423 e. The van der Waals surface area contributed by atoms with E-state index < -0.39 is 47.9 Å². The number of carbonyl (C=O) groups is 5. The molecule has 3 amide bonds. The Balaban J connectivity index is 1.14. The summed E-state index contributed by atoms with van der Waals surface area (Å²) in [5.74, 6) is -3.24. The zero-order valence-corrected chi connectivity index (χ0v) is 25.1. The van der Waals surface area contributed by atoms with E-state index in [9.17, 15) is 24.0 Å². The van der Waals surface area contributed by atoms with Crippen LogP contribution < -0.4 is 4.74 Å². The number of carbonyl (C=O) groups excluding carboxylic acids is 5. The summed E-state index contributed by atoms with van der Waals surface area (Å²) in [6.45, 7) is -0.587. The molecule has 1 aliphatic heterocycles. The SMILES string of the molecule is O=C(CN(C(=O)c1ccccc1Cl)N1C(=O)[C@@H]2[C@H]3C=C[C@@H]([C@@H]4C[C@@H]34)[C@@H]2C1=O)c1ccc(OC(=O)c2ccc(Cl)cc2Cl)cc1. The van der Waals surface area contributed by atoms with E-state index in [4.69, 9.17) is 39.5 Å². The standard InChI is InChI=1S/C33H23Cl3N2O6/c34-17-7-10-22(26(36)13-17)33(43)44-18-8-5-16(6-9-18)27(39)15-37(30(40)21-3-1-2-4-25(21)35)38-31(41)28-19-11-12-20(24-14-23(19)24)29(28)32(38)42/h1-13,19-20,23-24,28-29H,14-15H2/t19-,20-,23-,24-,28-,29+/m0/s1. The van der Waals surface area contributed by atoms with E-state index in [1.54, 1.807) is 12.1 Å². The number of ether oxygens (including phenoxy) is 1. The van der Waals surface area contributed by atoms with Crippen molar-refractivity contribution in [3.63, 3.8) is 0 Å². The summed E-state index contributed by atoms with van der Waals surface area (Å²) >= 11 is 18.3. The number of hydrazine groups is 1. The second kappa shape index (κ2) is 10.9. The first-order valence-electron chi connectivity index (χ1n) is 14.1. The van der Waals surface area contributed by atoms with Crippen molar-refractivity contribution in [2.45, 2.75) is 6.42 Å². The smallest absolute Gasteiger partial charge is 0.345 e. The summed E-state index contributed by atoms with van der Waals surface area (Å²) < 4.78 is 5.39. The van der Waals surface area contributed by atoms with Crippen molar-refractivity contribution in [2.75, 3.05) is 6.54 Å². The molecule has 3 aromatic rings. The molecule has 2 bridgehead atoms. The lowest BCUT2D eigenvalue weighted by Crippen LogP contribution is -2.52. The number of halogens is 3. The van der Waals surface area contributed by atoms with Gasteiger partial charge in [-0.1, -0.05) is 59.1 Å². The highest BCUT2D eigenvalue weighted by atomic mass is 35.5. The van der Waals surface area contributed by atoms with Crippen LogP contribution in [0.3, 0.4) is 0 Å². The van der Waals surface area contributed by atoms with E-state index in [2.05, 4.69) is 0 Å². The lowest BCUT2D eigenvalue weighted by atomic mass is 9.63. The molecule has 3 fully saturated rings. The van der Waals surface area contributed by atoms with E-state index in [0.717, 1.165) is 16.4 Å². The molecule has 0 spiro atoms. The van der Waals surface area contributed by atoms with Crippen molar-refractivity contribution in [3.05, 3.63) is 111 Å². The number of amides is 3. The Morgan fingerprint density at radius 1 is 0.795 bits per heavy atom. The van der Waals surface area contributed by atoms with Crippen LogP contribution in [0.25, 0.3) is 0 Å². The molecule has 222 valence electrons. The Hall–Kier alpha value is -3.98. The predicted octanol–water partition coefficient (Wildman–Crippen LogP) is 6.16. The van der Waals surface area contributed by atoms with Crippen molar-refractivity contribution in [1.82, 2.24) is 10.0 Å². The van der Waals surface area contributed by atoms with Gasteiger partial charge in [0.25, 0.3) is 17.7 Å². The molecule has 1 saturated heterocycles. The lowest BCUT2D eigenvalue weighted by Gasteiger charge is -2.37. The fourth-order valence-electron chi connectivity index (χ4n) is 6.94. The molecule has 6 atom stereocenters. The number of nitrogens with zero attached hydrogens (tertiary/aromatic N) is 2. The van der Waals surface area contributed by atoms with Gasteiger partial charge in [-0.2, -0.15) is 5.01 Å². The molecule has 11 heteroatoms. The first-order valence-corrected chi connectivity index (χ1v) is 15.2. The average molecular weight is 650 g/mol. The zero-order chi connectivity index (χ0) is 30.9. The van der Waals surface area contributed by atoms with Crippen LogP contribution in [0.2, 0.25) is 15.1 Å². The summed E-state index contributed by atoms with van der Waals surface area (Å²) in [5, 5.41) is 2.43. The number of esters is 1. The van der Waals surface area contributed by atoms with Crippen LogP contribution in [-0.2, 0) is 9.59 Å². The predicted molar refractivity (Wildman–Crippen MR) is 161 cm³/mol. The van der Waals surface area contributed by atoms with Gasteiger partial charge in [-0.05, 0) is 84.7 Å². The molecular weight excluding hydrogens is 627 g/mol. The zero-order valence-electron chi connectivity index (χ0n) is 22.9. The normalized spacial score (nSPS) is 25.8. The van der Waals surface area contributed by atoms with Gasteiger partial charge in [0.15, 0.2) is 5.78 Å². The van der Waals surface area contributed by atoms with Gasteiger partial charge in [-0.25, -0.2) is 9.80 Å². The monoisotopic (exact) mass is 648 g/mol. The van der Waals surface area contributed by atoms with E-state index in [1.807, 2.05) is 12.2 Å². The van der Waals surface area contributed by atoms with Gasteiger partial charge in [0, 0.05) is 10.6 Å². The third kappa shape index (κ3) is 4.72. The molecule has 8 rings (SSSR count). The van der Waals surface area contributed by atoms with Crippen LogP contribution in [-0.4, -0.2) is 46.0 Å². The molecule has 2 saturated carbocycles. The first kappa shape index (κ1) is 28.8. The fourth-order valence-corrected chi connectivity index (χ4v) is 7.64. The van der Waals surface area contributed by atoms with Crippen molar-refractivity contribution in [2.24, 2.45) is 35.5 Å². The summed E-state index contributed by atoms with van der Waals surface area (Å²) in [5.41, 5.74) is 0.349. The number of benzene rings is 3. The van der Waals surface area contributed by atoms with Crippen molar-refractivity contribution in [3.8, 4) is 5.75 Å². The van der Waals surface area contributed by atoms with Gasteiger partial charge < -0.3 is 4.74 Å². The number of Topliss-reactive ketones (excluding diaryl/α,β-unsaturated/α-hetero) is 1. The quantitative estimate of drug-likeness (QED) is 0.1000. The Labute approximate surface area is 267 Å². The Morgan fingerprint density at radius 3 is 2.05 bits per heavy atom. The Kier molecular flexibility index (Phi) is 7.11. The maximum Gasteiger partial charge on any atom is 0.345 e. The molecule has 1 heterocycles. The maximum absolute atomic E-state index is 13.9. The van der Waals surface area contributed by atoms with E-state index in [-0.39, 0.29) is 44.3 Å². The molecule has 0 aromatic heterocycles. The molecule has 0 N–H and O–H groups in total. The number of rotatable bonds is 7. The highest BCUT2D eigenvalue weighted by molar-refractivity contribution is 6.36. The minimum absolute atomic E-state index is 0.0533. The summed E-state index contributed by atoms with van der Waals surface area (Å²) in [4.78, 5) is 67.8. The fraction of sp³-hybridized carbons (Fsp3) is 0.242. The maximum atomic E-state index is 13.9. The van der Waals surface area contributed by atoms with Crippen LogP contribution in [0.4, 0.5) is 0 Å². The highest BCUT2D eigenvalue weighted by Crippen LogP contribution is 2.65. The lowest BCUT2D eigenvalue weighted by molar-refractivity contribution is -0.154. The number of hydrogen-bond donors (Lipinski definition) is 0. The van der Waals surface area contributed by atoms with Crippen LogP contribution in [0, 0.1) is 35.5 Å². The van der Waals surface area contributed by atoms with E-state index in [1.165, 1.54) is 54.6 Å². The van der Waals surface area contributed by atoms with Gasteiger partial charge in [-0.3, -0.25) is 19.2 Å². The number of hydrogen-bond acceptors (Lipinski definition) is 6. The molecule has 44 heavy (non-hydrogen) atoms. The van der Waals surface area contributed by atoms with E-state index >= 15 is 0 Å². The molecule has 0 radical (unpaired) electrons. The molecule has 8 nitrogen and oxygen atoms in total. The highest BCUT2D eigenvalue weighted by Gasteiger charge is 2.68. The third-order valence-electron chi connectivity index (χ3n) is 9.05. The van der Waals surface area contributed by atoms with Crippen LogP contribution in [0.5, 0.6) is 5.75 Å². The number of allylic oxidation sites excluding steroid dienone is 2. The molecule has 5 aliphatic rings. The van der Waals surface area contributed by atoms with Gasteiger partial charge in [0.2, 0.25) is 0 Å². The van der Waals surface area contributed by atoms with Crippen LogP contribution in [0.1, 0.15) is 37.5 Å². The second-order valence-corrected chi connectivity index (χ2v) is 12.7. The third-order valence-corrected chi connectivity index (χ3v) is 9.93. The van der Waals surface area contributed by atoms with Crippen molar-refractivity contribution in [1.29, 1.82) is 0 Å². The van der Waals surface area contributed by atoms with Gasteiger partial charge in [-0.15, -0.1) is 0 Å². The minimum atomic E-state index is -0.736. The Bertz CT molecular complexity index is 1750. The van der Waals surface area contributed by atoms with Crippen LogP contribution in [0.15, 0.2) is 78.9 Å². The summed E-state index contributed by atoms with van der Waals surface area (Å²) in [6.07, 6.45) is 5.07. The van der Waals surface area contributed by atoms with Gasteiger partial charge in [0.1, 0.15) is 12.3 Å². The summed E-state index contributed by atoms with van der Waals surface area (Å²) in [6, 6.07) is 16.3. The topological polar surface area (TPSA) is 101 Å². The van der Waals surface area contributed by atoms with Crippen molar-refractivity contribution < 1.29 is 28.7 Å². The average Bonchev–Trinajstić information content (AvgIpc) is 3.79. The summed E-state index contributed by atoms with van der Waals surface area (Å²) in [7, 11) is 0. The number of imide groups is 1. The Morgan fingerprint density at radius 2 is 1.43 bits per heavy atom. The molecule has 0 unspecified atom stereocenters. The molecule has 4 aliphatic carbocycles. The van der Waals surface area contributed by atoms with Gasteiger partial charge >= 0.3 is 5.97 Å². The second-order valence-electron chi connectivity index (χ2n) is 11.4. The molecular formula is C33H23Cl3N2O6. The van der Waals surface area contributed by atoms with Crippen LogP contribution >= 0.6 is 34.8 Å². The van der Waals surface area contributed by atoms with Crippen molar-refractivity contribution >= 4 is 64.3 Å². The first-order chi connectivity index (χ1) is 21.1. The van der Waals surface area contributed by atoms with Gasteiger partial charge in [0.05, 0.1) is 33.0 Å². The van der Waals surface area contributed by atoms with E-state index in [0.29, 0.717) is 16.9 Å². The number of ketones is 1. The minimum Gasteiger partial charge on any atom is -0.423 e.